The third-order valence-corrected chi connectivity index (χ3v) is 8.68. The molecule has 0 aromatic heterocycles. The summed E-state index contributed by atoms with van der Waals surface area (Å²) in [5.41, 5.74) is 2.93. The van der Waals surface area contributed by atoms with E-state index in [-0.39, 0.29) is 42.0 Å². The Bertz CT molecular complexity index is 1100. The molecule has 0 unspecified atom stereocenters. The first-order chi connectivity index (χ1) is 20.0. The highest BCUT2D eigenvalue weighted by Gasteiger charge is 2.58. The molecule has 0 saturated carbocycles. The first-order valence-corrected chi connectivity index (χ1v) is 15.3. The maximum absolute atomic E-state index is 14.7. The highest BCUT2D eigenvalue weighted by atomic mass is 16.7. The lowest BCUT2D eigenvalue weighted by atomic mass is 9.81. The predicted molar refractivity (Wildman–Crippen MR) is 160 cm³/mol. The van der Waals surface area contributed by atoms with Gasteiger partial charge in [0.25, 0.3) is 0 Å². The van der Waals surface area contributed by atoms with Crippen molar-refractivity contribution in [1.29, 1.82) is 0 Å². The van der Waals surface area contributed by atoms with Gasteiger partial charge in [-0.3, -0.25) is 4.79 Å². The van der Waals surface area contributed by atoms with E-state index in [1.54, 1.807) is 0 Å². The van der Waals surface area contributed by atoms with Gasteiger partial charge < -0.3 is 23.8 Å². The second-order valence-electron chi connectivity index (χ2n) is 11.6. The van der Waals surface area contributed by atoms with E-state index >= 15 is 0 Å². The Morgan fingerprint density at radius 3 is 1.90 bits per heavy atom. The number of fused-ring (bicyclic) bond motifs is 3. The van der Waals surface area contributed by atoms with Crippen LogP contribution < -0.4 is 0 Å². The van der Waals surface area contributed by atoms with Crippen LogP contribution in [0.1, 0.15) is 76.6 Å². The van der Waals surface area contributed by atoms with Crippen molar-refractivity contribution in [2.24, 2.45) is 11.8 Å². The van der Waals surface area contributed by atoms with Crippen LogP contribution in [0.15, 0.2) is 85.0 Å². The average molecular weight is 560 g/mol. The number of likely N-dealkylation sites (tertiary alicyclic amines) is 1. The molecule has 41 heavy (non-hydrogen) atoms. The molecule has 3 aliphatic rings. The third kappa shape index (κ3) is 6.51. The van der Waals surface area contributed by atoms with Gasteiger partial charge >= 0.3 is 0 Å². The lowest BCUT2D eigenvalue weighted by Crippen LogP contribution is -2.53. The van der Waals surface area contributed by atoms with Gasteiger partial charge in [-0.05, 0) is 20.3 Å². The predicted octanol–water partition coefficient (Wildman–Crippen LogP) is 7.15. The van der Waals surface area contributed by atoms with E-state index in [9.17, 15) is 4.79 Å². The monoisotopic (exact) mass is 559 g/mol. The first kappa shape index (κ1) is 29.7. The summed E-state index contributed by atoms with van der Waals surface area (Å²) in [6.07, 6.45) is 7.77. The number of unbranched alkanes of at least 4 members (excludes halogenated alkanes) is 3. The van der Waals surface area contributed by atoms with Gasteiger partial charge in [-0.25, -0.2) is 0 Å². The SMILES string of the molecule is C=C(C)[C@H](/C=C/C)[C@H](CCCCCC)C(=O)N1[C@H]2CO[C@@H](c3ccccc3)O[C@H]2[C@@H]2O[C@H](c3ccccc3)OC[C@@H]21. The summed E-state index contributed by atoms with van der Waals surface area (Å²) >= 11 is 0. The average Bonchev–Trinajstić information content (AvgIpc) is 3.33. The number of carbonyl (C=O) groups excluding carboxylic acids is 1. The van der Waals surface area contributed by atoms with E-state index in [4.69, 9.17) is 18.9 Å². The summed E-state index contributed by atoms with van der Waals surface area (Å²) in [5.74, 6) is -0.124. The molecule has 6 heteroatoms. The van der Waals surface area contributed by atoms with Crippen molar-refractivity contribution in [2.45, 2.75) is 89.7 Å². The fraction of sp³-hybridized carbons (Fsp3) is 0.514. The minimum Gasteiger partial charge on any atom is -0.346 e. The molecule has 2 aromatic carbocycles. The summed E-state index contributed by atoms with van der Waals surface area (Å²) < 4.78 is 25.9. The number of allylic oxidation sites excluding steroid dienone is 3. The molecule has 0 bridgehead atoms. The zero-order valence-corrected chi connectivity index (χ0v) is 24.7. The second kappa shape index (κ2) is 13.9. The van der Waals surface area contributed by atoms with Crippen molar-refractivity contribution >= 4 is 5.91 Å². The smallest absolute Gasteiger partial charge is 0.227 e. The normalized spacial score (nSPS) is 29.1. The van der Waals surface area contributed by atoms with Crippen molar-refractivity contribution < 1.29 is 23.7 Å². The van der Waals surface area contributed by atoms with E-state index < -0.39 is 12.6 Å². The number of amides is 1. The molecule has 2 aromatic rings. The van der Waals surface area contributed by atoms with E-state index in [0.717, 1.165) is 42.4 Å². The van der Waals surface area contributed by atoms with Crippen LogP contribution >= 0.6 is 0 Å². The molecule has 0 radical (unpaired) electrons. The largest absolute Gasteiger partial charge is 0.346 e. The van der Waals surface area contributed by atoms with Crippen LogP contribution in [-0.4, -0.2) is 48.3 Å². The van der Waals surface area contributed by atoms with Crippen molar-refractivity contribution in [2.75, 3.05) is 13.2 Å². The van der Waals surface area contributed by atoms with Crippen LogP contribution in [0.4, 0.5) is 0 Å². The molecule has 0 aliphatic carbocycles. The summed E-state index contributed by atoms with van der Waals surface area (Å²) in [7, 11) is 0. The van der Waals surface area contributed by atoms with E-state index in [2.05, 4.69) is 19.6 Å². The fourth-order valence-corrected chi connectivity index (χ4v) is 6.61. The zero-order chi connectivity index (χ0) is 28.8. The van der Waals surface area contributed by atoms with Crippen LogP contribution in [0.2, 0.25) is 0 Å². The minimum absolute atomic E-state index is 0.0309. The molecular weight excluding hydrogens is 514 g/mol. The van der Waals surface area contributed by atoms with Gasteiger partial charge in [-0.1, -0.05) is 118 Å². The molecule has 0 N–H and O–H groups in total. The van der Waals surface area contributed by atoms with E-state index in [1.807, 2.05) is 85.5 Å². The lowest BCUT2D eigenvalue weighted by molar-refractivity contribution is -0.278. The molecule has 3 aliphatic heterocycles. The van der Waals surface area contributed by atoms with Gasteiger partial charge in [-0.2, -0.15) is 0 Å². The van der Waals surface area contributed by atoms with Crippen molar-refractivity contribution in [3.8, 4) is 0 Å². The van der Waals surface area contributed by atoms with Crippen molar-refractivity contribution in [1.82, 2.24) is 4.90 Å². The zero-order valence-electron chi connectivity index (χ0n) is 24.7. The standard InChI is InChI=1S/C35H45NO5/c1-5-7-8-15-21-28(27(16-6-2)24(3)4)33(37)36-29-22-38-34(25-17-11-9-12-18-25)40-31(29)32-30(36)23-39-35(41-32)26-19-13-10-14-20-26/h6,9-14,16-20,27-32,34-35H,3,5,7-8,15,21-23H2,1-2,4H3/b16-6+/t27-,28-,29-,30-,31+,32+,34+,35+/m0/s1. The summed E-state index contributed by atoms with van der Waals surface area (Å²) in [6, 6.07) is 19.4. The van der Waals surface area contributed by atoms with Gasteiger partial charge in [0.2, 0.25) is 5.91 Å². The Kier molecular flexibility index (Phi) is 10.1. The number of hydrogen-bond acceptors (Lipinski definition) is 5. The molecule has 6 nitrogen and oxygen atoms in total. The molecular formula is C35H45NO5. The Hall–Kier alpha value is -2.77. The number of rotatable bonds is 11. The van der Waals surface area contributed by atoms with Crippen molar-refractivity contribution in [3.63, 3.8) is 0 Å². The number of benzene rings is 2. The topological polar surface area (TPSA) is 57.2 Å². The summed E-state index contributed by atoms with van der Waals surface area (Å²) in [4.78, 5) is 16.7. The van der Waals surface area contributed by atoms with Crippen LogP contribution in [0, 0.1) is 11.8 Å². The van der Waals surface area contributed by atoms with Crippen molar-refractivity contribution in [3.05, 3.63) is 96.1 Å². The second-order valence-corrected chi connectivity index (χ2v) is 11.6. The number of nitrogens with zero attached hydrogens (tertiary/aromatic N) is 1. The van der Waals surface area contributed by atoms with Crippen LogP contribution in [0.3, 0.4) is 0 Å². The van der Waals surface area contributed by atoms with Gasteiger partial charge in [0, 0.05) is 23.0 Å². The van der Waals surface area contributed by atoms with Gasteiger partial charge in [-0.15, -0.1) is 0 Å². The highest BCUT2D eigenvalue weighted by Crippen LogP contribution is 2.44. The quantitative estimate of drug-likeness (QED) is 0.216. The summed E-state index contributed by atoms with van der Waals surface area (Å²) in [6.45, 7) is 11.3. The number of ether oxygens (including phenoxy) is 4. The maximum atomic E-state index is 14.7. The van der Waals surface area contributed by atoms with Crippen LogP contribution in [0.25, 0.3) is 0 Å². The minimum atomic E-state index is -0.509. The van der Waals surface area contributed by atoms with Crippen LogP contribution in [0.5, 0.6) is 0 Å². The molecule has 3 saturated heterocycles. The Morgan fingerprint density at radius 1 is 0.902 bits per heavy atom. The Balaban J connectivity index is 1.45. The van der Waals surface area contributed by atoms with E-state index in [1.165, 1.54) is 6.42 Å². The highest BCUT2D eigenvalue weighted by molar-refractivity contribution is 5.81. The lowest BCUT2D eigenvalue weighted by Gasteiger charge is -2.39. The molecule has 3 heterocycles. The molecule has 3 fully saturated rings. The fourth-order valence-electron chi connectivity index (χ4n) is 6.61. The number of hydrogen-bond donors (Lipinski definition) is 0. The van der Waals surface area contributed by atoms with E-state index in [0.29, 0.717) is 13.2 Å². The molecule has 220 valence electrons. The Morgan fingerprint density at radius 2 is 1.44 bits per heavy atom. The molecule has 8 atom stereocenters. The van der Waals surface area contributed by atoms with Crippen LogP contribution in [-0.2, 0) is 23.7 Å². The Labute approximate surface area is 245 Å². The molecule has 1 amide bonds. The number of carbonyl (C=O) groups is 1. The van der Waals surface area contributed by atoms with Gasteiger partial charge in [0.05, 0.1) is 25.3 Å². The third-order valence-electron chi connectivity index (χ3n) is 8.68. The maximum Gasteiger partial charge on any atom is 0.227 e. The summed E-state index contributed by atoms with van der Waals surface area (Å²) in [5, 5.41) is 0. The molecule has 5 rings (SSSR count). The van der Waals surface area contributed by atoms with Gasteiger partial charge in [0.15, 0.2) is 12.6 Å². The molecule has 0 spiro atoms. The van der Waals surface area contributed by atoms with Gasteiger partial charge in [0.1, 0.15) is 12.2 Å². The first-order valence-electron chi connectivity index (χ1n) is 15.3.